The fourth-order valence-corrected chi connectivity index (χ4v) is 2.93. The first-order chi connectivity index (χ1) is 7.28. The summed E-state index contributed by atoms with van der Waals surface area (Å²) in [6, 6.07) is 12.2. The van der Waals surface area contributed by atoms with Crippen LogP contribution in [0.25, 0.3) is 0 Å². The molecular formula is C12H11NOS. The first-order valence-corrected chi connectivity index (χ1v) is 5.70. The molecule has 1 aliphatic rings. The van der Waals surface area contributed by atoms with Crippen LogP contribution in [0.1, 0.15) is 12.6 Å². The van der Waals surface area contributed by atoms with Gasteiger partial charge in [-0.25, -0.2) is 0 Å². The van der Waals surface area contributed by atoms with Crippen LogP contribution in [0.2, 0.25) is 0 Å². The third-order valence-corrected chi connectivity index (χ3v) is 3.80. The maximum Gasteiger partial charge on any atom is 0.196 e. The summed E-state index contributed by atoms with van der Waals surface area (Å²) >= 11 is 1.74. The third kappa shape index (κ3) is 1.35. The van der Waals surface area contributed by atoms with Crippen LogP contribution in [-0.4, -0.2) is 4.98 Å². The summed E-state index contributed by atoms with van der Waals surface area (Å²) in [5.74, 6) is 0.972. The molecule has 0 aliphatic carbocycles. The second kappa shape index (κ2) is 3.07. The Morgan fingerprint density at radius 1 is 1.20 bits per heavy atom. The molecule has 0 amide bonds. The van der Waals surface area contributed by atoms with Crippen molar-refractivity contribution >= 4 is 11.8 Å². The smallest absolute Gasteiger partial charge is 0.196 e. The molecule has 1 aromatic carbocycles. The molecule has 0 bridgehead atoms. The van der Waals surface area contributed by atoms with Crippen molar-refractivity contribution in [3.63, 3.8) is 0 Å². The predicted octanol–water partition coefficient (Wildman–Crippen LogP) is 3.37. The first kappa shape index (κ1) is 8.92. The van der Waals surface area contributed by atoms with Crippen LogP contribution < -0.4 is 4.74 Å². The summed E-state index contributed by atoms with van der Waals surface area (Å²) in [6.07, 6.45) is 1.92. The van der Waals surface area contributed by atoms with E-state index in [1.165, 1.54) is 4.90 Å². The van der Waals surface area contributed by atoms with Crippen LogP contribution in [0.5, 0.6) is 5.75 Å². The maximum atomic E-state index is 5.97. The summed E-state index contributed by atoms with van der Waals surface area (Å²) in [5, 5.41) is 0. The standard InChI is InChI=1S/C12H11NOS/c1-12(11-7-4-8-13-11)14-9-5-2-3-6-10(9)15-12/h2-8,13H,1H3. The zero-order valence-electron chi connectivity index (χ0n) is 8.36. The number of nitrogens with one attached hydrogen (secondary N) is 1. The van der Waals surface area contributed by atoms with Gasteiger partial charge in [-0.05, 0) is 31.2 Å². The van der Waals surface area contributed by atoms with E-state index in [4.69, 9.17) is 4.74 Å². The van der Waals surface area contributed by atoms with Crippen molar-refractivity contribution in [2.24, 2.45) is 0 Å². The number of aromatic amines is 1. The second-order valence-electron chi connectivity index (χ2n) is 3.68. The van der Waals surface area contributed by atoms with Crippen molar-refractivity contribution in [3.8, 4) is 5.75 Å². The van der Waals surface area contributed by atoms with E-state index in [-0.39, 0.29) is 4.93 Å². The summed E-state index contributed by atoms with van der Waals surface area (Å²) < 4.78 is 5.97. The number of fused-ring (bicyclic) bond motifs is 1. The lowest BCUT2D eigenvalue weighted by atomic mass is 10.3. The molecule has 0 radical (unpaired) electrons. The van der Waals surface area contributed by atoms with Crippen molar-refractivity contribution in [2.45, 2.75) is 16.8 Å². The Kier molecular flexibility index (Phi) is 1.83. The molecule has 15 heavy (non-hydrogen) atoms. The molecule has 0 fully saturated rings. The molecule has 0 spiro atoms. The zero-order valence-corrected chi connectivity index (χ0v) is 9.17. The van der Waals surface area contributed by atoms with E-state index >= 15 is 0 Å². The van der Waals surface area contributed by atoms with Crippen LogP contribution in [-0.2, 0) is 4.93 Å². The van der Waals surface area contributed by atoms with E-state index in [0.29, 0.717) is 0 Å². The Bertz CT molecular complexity index is 453. The SMILES string of the molecule is CC1(c2ccc[nH]2)Oc2ccccc2S1. The van der Waals surface area contributed by atoms with E-state index in [9.17, 15) is 0 Å². The zero-order chi connectivity index (χ0) is 10.3. The molecule has 3 heteroatoms. The predicted molar refractivity (Wildman–Crippen MR) is 61.1 cm³/mol. The first-order valence-electron chi connectivity index (χ1n) is 4.89. The molecule has 0 saturated carbocycles. The molecular weight excluding hydrogens is 206 g/mol. The van der Waals surface area contributed by atoms with Crippen molar-refractivity contribution in [1.82, 2.24) is 4.98 Å². The molecule has 1 unspecified atom stereocenters. The highest BCUT2D eigenvalue weighted by Gasteiger charge is 2.38. The van der Waals surface area contributed by atoms with Crippen molar-refractivity contribution in [1.29, 1.82) is 0 Å². The Morgan fingerprint density at radius 3 is 2.80 bits per heavy atom. The number of benzene rings is 1. The number of para-hydroxylation sites is 1. The van der Waals surface area contributed by atoms with Gasteiger partial charge in [0, 0.05) is 6.20 Å². The number of thioether (sulfide) groups is 1. The average molecular weight is 217 g/mol. The van der Waals surface area contributed by atoms with Gasteiger partial charge in [0.25, 0.3) is 0 Å². The van der Waals surface area contributed by atoms with Crippen LogP contribution in [0.3, 0.4) is 0 Å². The molecule has 1 aliphatic heterocycles. The van der Waals surface area contributed by atoms with E-state index in [2.05, 4.69) is 24.0 Å². The van der Waals surface area contributed by atoms with Gasteiger partial charge in [-0.2, -0.15) is 0 Å². The van der Waals surface area contributed by atoms with Crippen molar-refractivity contribution in [2.75, 3.05) is 0 Å². The number of aromatic nitrogens is 1. The van der Waals surface area contributed by atoms with Gasteiger partial charge >= 0.3 is 0 Å². The molecule has 2 aromatic rings. The van der Waals surface area contributed by atoms with Gasteiger partial charge in [-0.3, -0.25) is 0 Å². The van der Waals surface area contributed by atoms with Crippen molar-refractivity contribution < 1.29 is 4.74 Å². The largest absolute Gasteiger partial charge is 0.469 e. The number of ether oxygens (including phenoxy) is 1. The Labute approximate surface area is 92.7 Å². The Hall–Kier alpha value is -1.35. The van der Waals surface area contributed by atoms with Gasteiger partial charge in [-0.15, -0.1) is 0 Å². The lowest BCUT2D eigenvalue weighted by Gasteiger charge is -2.21. The van der Waals surface area contributed by atoms with Gasteiger partial charge in [-0.1, -0.05) is 23.9 Å². The number of hydrogen-bond donors (Lipinski definition) is 1. The highest BCUT2D eigenvalue weighted by molar-refractivity contribution is 8.00. The minimum absolute atomic E-state index is 0.312. The Morgan fingerprint density at radius 2 is 2.07 bits per heavy atom. The van der Waals surface area contributed by atoms with E-state index in [1.54, 1.807) is 11.8 Å². The topological polar surface area (TPSA) is 25.0 Å². The summed E-state index contributed by atoms with van der Waals surface area (Å²) in [7, 11) is 0. The van der Waals surface area contributed by atoms with Gasteiger partial charge in [0.05, 0.1) is 10.6 Å². The number of rotatable bonds is 1. The quantitative estimate of drug-likeness (QED) is 0.792. The molecule has 0 saturated heterocycles. The molecule has 2 heterocycles. The Balaban J connectivity index is 2.01. The molecule has 1 N–H and O–H groups in total. The summed E-state index contributed by atoms with van der Waals surface area (Å²) in [4.78, 5) is 4.10. The van der Waals surface area contributed by atoms with Gasteiger partial charge in [0.15, 0.2) is 4.93 Å². The molecule has 76 valence electrons. The van der Waals surface area contributed by atoms with Crippen LogP contribution in [0.15, 0.2) is 47.5 Å². The monoisotopic (exact) mass is 217 g/mol. The summed E-state index contributed by atoms with van der Waals surface area (Å²) in [6.45, 7) is 2.09. The number of H-pyrrole nitrogens is 1. The highest BCUT2D eigenvalue weighted by atomic mass is 32.2. The van der Waals surface area contributed by atoms with Crippen LogP contribution in [0.4, 0.5) is 0 Å². The fraction of sp³-hybridized carbons (Fsp3) is 0.167. The van der Waals surface area contributed by atoms with Gasteiger partial charge in [0.1, 0.15) is 5.75 Å². The lowest BCUT2D eigenvalue weighted by molar-refractivity contribution is 0.192. The molecule has 1 atom stereocenters. The third-order valence-electron chi connectivity index (χ3n) is 2.55. The molecule has 1 aromatic heterocycles. The second-order valence-corrected chi connectivity index (χ2v) is 5.10. The normalized spacial score (nSPS) is 23.5. The average Bonchev–Trinajstić information content (AvgIpc) is 2.83. The summed E-state index contributed by atoms with van der Waals surface area (Å²) in [5.41, 5.74) is 1.10. The van der Waals surface area contributed by atoms with Crippen molar-refractivity contribution in [3.05, 3.63) is 48.3 Å². The maximum absolute atomic E-state index is 5.97. The van der Waals surface area contributed by atoms with Crippen LogP contribution in [0, 0.1) is 0 Å². The van der Waals surface area contributed by atoms with Crippen LogP contribution >= 0.6 is 11.8 Å². The van der Waals surface area contributed by atoms with E-state index in [1.807, 2.05) is 30.5 Å². The van der Waals surface area contributed by atoms with E-state index < -0.39 is 0 Å². The lowest BCUT2D eigenvalue weighted by Crippen LogP contribution is -2.21. The molecule has 3 rings (SSSR count). The number of hydrogen-bond acceptors (Lipinski definition) is 2. The van der Waals surface area contributed by atoms with Gasteiger partial charge < -0.3 is 9.72 Å². The minimum atomic E-state index is -0.312. The van der Waals surface area contributed by atoms with Gasteiger partial charge in [0.2, 0.25) is 0 Å². The minimum Gasteiger partial charge on any atom is -0.469 e. The molecule has 2 nitrogen and oxygen atoms in total. The van der Waals surface area contributed by atoms with E-state index in [0.717, 1.165) is 11.4 Å². The highest BCUT2D eigenvalue weighted by Crippen LogP contribution is 2.51. The fourth-order valence-electron chi connectivity index (χ4n) is 1.78.